The number of benzene rings is 1. The Labute approximate surface area is 119 Å². The first-order valence-electron chi connectivity index (χ1n) is 5.83. The largest absolute Gasteiger partial charge is 0.469 e. The molecule has 0 atom stereocenters. The van der Waals surface area contributed by atoms with Crippen molar-refractivity contribution in [3.63, 3.8) is 0 Å². The van der Waals surface area contributed by atoms with Crippen molar-refractivity contribution < 1.29 is 18.3 Å². The molecule has 1 aromatic rings. The van der Waals surface area contributed by atoms with Crippen molar-refractivity contribution >= 4 is 21.9 Å². The number of esters is 1. The standard InChI is InChI=1S/C13H16BrF2NO2/c1-17(7-3-4-12(18)19-2)8-9-11(15)6-5-10(14)13(9)16/h5-6H,3-4,7-8H2,1-2H3. The summed E-state index contributed by atoms with van der Waals surface area (Å²) in [5.41, 5.74) is 0.0231. The quantitative estimate of drug-likeness (QED) is 0.591. The molecule has 0 amide bonds. The van der Waals surface area contributed by atoms with Crippen LogP contribution in [-0.4, -0.2) is 31.6 Å². The second-order valence-corrected chi connectivity index (χ2v) is 5.09. The molecule has 3 nitrogen and oxygen atoms in total. The fourth-order valence-electron chi connectivity index (χ4n) is 1.66. The van der Waals surface area contributed by atoms with Crippen LogP contribution in [0.15, 0.2) is 16.6 Å². The van der Waals surface area contributed by atoms with Crippen LogP contribution in [0.3, 0.4) is 0 Å². The number of ether oxygens (including phenoxy) is 1. The summed E-state index contributed by atoms with van der Waals surface area (Å²) in [4.78, 5) is 12.7. The number of rotatable bonds is 6. The predicted octanol–water partition coefficient (Wildman–Crippen LogP) is 3.11. The second-order valence-electron chi connectivity index (χ2n) is 4.24. The number of methoxy groups -OCH3 is 1. The third kappa shape index (κ3) is 4.87. The van der Waals surface area contributed by atoms with Crippen molar-refractivity contribution in [3.05, 3.63) is 33.8 Å². The molecule has 19 heavy (non-hydrogen) atoms. The van der Waals surface area contributed by atoms with Gasteiger partial charge in [-0.15, -0.1) is 0 Å². The van der Waals surface area contributed by atoms with Gasteiger partial charge in [-0.1, -0.05) is 0 Å². The van der Waals surface area contributed by atoms with E-state index in [1.54, 1.807) is 11.9 Å². The molecule has 0 aliphatic rings. The lowest BCUT2D eigenvalue weighted by Gasteiger charge is -2.17. The van der Waals surface area contributed by atoms with E-state index in [1.165, 1.54) is 19.2 Å². The molecule has 0 unspecified atom stereocenters. The second kappa shape index (κ2) is 7.55. The van der Waals surface area contributed by atoms with E-state index in [9.17, 15) is 13.6 Å². The van der Waals surface area contributed by atoms with Gasteiger partial charge >= 0.3 is 5.97 Å². The molecule has 0 bridgehead atoms. The molecule has 0 aromatic heterocycles. The van der Waals surface area contributed by atoms with Crippen molar-refractivity contribution in [1.82, 2.24) is 4.90 Å². The van der Waals surface area contributed by atoms with Gasteiger partial charge in [-0.2, -0.15) is 0 Å². The molecule has 0 N–H and O–H groups in total. The lowest BCUT2D eigenvalue weighted by Crippen LogP contribution is -2.21. The Hall–Kier alpha value is -1.01. The first-order valence-corrected chi connectivity index (χ1v) is 6.62. The maximum absolute atomic E-state index is 13.7. The van der Waals surface area contributed by atoms with Crippen LogP contribution in [0.2, 0.25) is 0 Å². The molecule has 0 aliphatic carbocycles. The Morgan fingerprint density at radius 3 is 2.74 bits per heavy atom. The van der Waals surface area contributed by atoms with Crippen LogP contribution < -0.4 is 0 Å². The number of carbonyl (C=O) groups excluding carboxylic acids is 1. The average Bonchev–Trinajstić information content (AvgIpc) is 2.39. The fourth-order valence-corrected chi connectivity index (χ4v) is 2.03. The molecule has 1 aromatic carbocycles. The molecule has 0 spiro atoms. The number of halogens is 3. The molecule has 0 heterocycles. The van der Waals surface area contributed by atoms with E-state index in [0.717, 1.165) is 0 Å². The molecule has 6 heteroatoms. The normalized spacial score (nSPS) is 10.8. The SMILES string of the molecule is COC(=O)CCCN(C)Cc1c(F)ccc(Br)c1F. The molecule has 1 rings (SSSR count). The highest BCUT2D eigenvalue weighted by molar-refractivity contribution is 9.10. The van der Waals surface area contributed by atoms with Crippen molar-refractivity contribution in [2.45, 2.75) is 19.4 Å². The van der Waals surface area contributed by atoms with Crippen LogP contribution in [-0.2, 0) is 16.1 Å². The van der Waals surface area contributed by atoms with Gasteiger partial charge in [0.25, 0.3) is 0 Å². The van der Waals surface area contributed by atoms with E-state index in [4.69, 9.17) is 0 Å². The van der Waals surface area contributed by atoms with Crippen molar-refractivity contribution in [2.24, 2.45) is 0 Å². The maximum atomic E-state index is 13.7. The zero-order valence-electron chi connectivity index (χ0n) is 10.9. The van der Waals surface area contributed by atoms with E-state index in [2.05, 4.69) is 20.7 Å². The van der Waals surface area contributed by atoms with Gasteiger partial charge < -0.3 is 9.64 Å². The summed E-state index contributed by atoms with van der Waals surface area (Å²) in [5, 5.41) is 0. The topological polar surface area (TPSA) is 29.5 Å². The monoisotopic (exact) mass is 335 g/mol. The van der Waals surface area contributed by atoms with E-state index in [0.29, 0.717) is 19.4 Å². The van der Waals surface area contributed by atoms with Crippen molar-refractivity contribution in [1.29, 1.82) is 0 Å². The highest BCUT2D eigenvalue weighted by atomic mass is 79.9. The first kappa shape index (κ1) is 16.0. The molecule has 106 valence electrons. The van der Waals surface area contributed by atoms with Gasteiger partial charge in [-0.3, -0.25) is 4.79 Å². The van der Waals surface area contributed by atoms with Gasteiger partial charge in [0.05, 0.1) is 11.6 Å². The third-order valence-electron chi connectivity index (χ3n) is 2.72. The fraction of sp³-hybridized carbons (Fsp3) is 0.462. The number of hydrogen-bond acceptors (Lipinski definition) is 3. The number of hydrogen-bond donors (Lipinski definition) is 0. The Morgan fingerprint density at radius 1 is 1.42 bits per heavy atom. The van der Waals surface area contributed by atoms with Crippen molar-refractivity contribution in [2.75, 3.05) is 20.7 Å². The Balaban J connectivity index is 2.55. The Kier molecular flexibility index (Phi) is 6.37. The Morgan fingerprint density at radius 2 is 2.11 bits per heavy atom. The summed E-state index contributed by atoms with van der Waals surface area (Å²) in [7, 11) is 3.08. The highest BCUT2D eigenvalue weighted by Crippen LogP contribution is 2.22. The molecule has 0 saturated heterocycles. The van der Waals surface area contributed by atoms with Crippen LogP contribution in [0.4, 0.5) is 8.78 Å². The van der Waals surface area contributed by atoms with Crippen LogP contribution in [0.5, 0.6) is 0 Å². The Bertz CT molecular complexity index is 455. The molecule has 0 aliphatic heterocycles. The summed E-state index contributed by atoms with van der Waals surface area (Å²) in [5.74, 6) is -1.44. The minimum absolute atomic E-state index is 0.0231. The van der Waals surface area contributed by atoms with Gasteiger partial charge in [-0.05, 0) is 48.1 Å². The van der Waals surface area contributed by atoms with Crippen LogP contribution in [0.25, 0.3) is 0 Å². The average molecular weight is 336 g/mol. The minimum atomic E-state index is -0.584. The summed E-state index contributed by atoms with van der Waals surface area (Å²) >= 11 is 3.03. The van der Waals surface area contributed by atoms with Gasteiger partial charge in [0, 0.05) is 18.5 Å². The van der Waals surface area contributed by atoms with Gasteiger partial charge in [0.1, 0.15) is 11.6 Å². The molecule has 0 radical (unpaired) electrons. The summed E-state index contributed by atoms with van der Waals surface area (Å²) in [6.45, 7) is 0.707. The predicted molar refractivity (Wildman–Crippen MR) is 71.6 cm³/mol. The summed E-state index contributed by atoms with van der Waals surface area (Å²) in [6.07, 6.45) is 0.880. The van der Waals surface area contributed by atoms with E-state index >= 15 is 0 Å². The third-order valence-corrected chi connectivity index (χ3v) is 3.33. The first-order chi connectivity index (χ1) is 8.95. The van der Waals surface area contributed by atoms with Crippen LogP contribution in [0.1, 0.15) is 18.4 Å². The number of carbonyl (C=O) groups is 1. The lowest BCUT2D eigenvalue weighted by molar-refractivity contribution is -0.140. The van der Waals surface area contributed by atoms with Gasteiger partial charge in [0.15, 0.2) is 0 Å². The zero-order chi connectivity index (χ0) is 14.4. The smallest absolute Gasteiger partial charge is 0.305 e. The molecular formula is C13H16BrF2NO2. The zero-order valence-corrected chi connectivity index (χ0v) is 12.5. The maximum Gasteiger partial charge on any atom is 0.305 e. The summed E-state index contributed by atoms with van der Waals surface area (Å²) < 4.78 is 32.0. The van der Waals surface area contributed by atoms with Gasteiger partial charge in [0.2, 0.25) is 0 Å². The van der Waals surface area contributed by atoms with Crippen LogP contribution >= 0.6 is 15.9 Å². The van der Waals surface area contributed by atoms with Crippen LogP contribution in [0, 0.1) is 11.6 Å². The minimum Gasteiger partial charge on any atom is -0.469 e. The molecule has 0 fully saturated rings. The molecular weight excluding hydrogens is 320 g/mol. The van der Waals surface area contributed by atoms with E-state index < -0.39 is 11.6 Å². The van der Waals surface area contributed by atoms with Gasteiger partial charge in [-0.25, -0.2) is 8.78 Å². The molecule has 0 saturated carbocycles. The van der Waals surface area contributed by atoms with E-state index in [-0.39, 0.29) is 22.6 Å². The van der Waals surface area contributed by atoms with Crippen molar-refractivity contribution in [3.8, 4) is 0 Å². The lowest BCUT2D eigenvalue weighted by atomic mass is 10.2. The number of nitrogens with zero attached hydrogens (tertiary/aromatic N) is 1. The highest BCUT2D eigenvalue weighted by Gasteiger charge is 2.14. The van der Waals surface area contributed by atoms with E-state index in [1.807, 2.05) is 0 Å². The summed E-state index contributed by atoms with van der Waals surface area (Å²) in [6, 6.07) is 2.57.